The molecule has 0 saturated carbocycles. The molecule has 3 heterocycles. The van der Waals surface area contributed by atoms with Crippen molar-refractivity contribution in [3.8, 4) is 5.88 Å². The van der Waals surface area contributed by atoms with E-state index >= 15 is 0 Å². The van der Waals surface area contributed by atoms with Crippen molar-refractivity contribution >= 4 is 27.7 Å². The number of rotatable bonds is 1. The van der Waals surface area contributed by atoms with Crippen LogP contribution in [0.1, 0.15) is 12.8 Å². The standard InChI is InChI=1S/C13H15BrN2O4/c14-9-5-10-12(15-6-9)20-7-11(16(10)13(17)18)8-1-3-19-4-2-8/h5-6,8,11H,1-4,7H2,(H,17,18). The van der Waals surface area contributed by atoms with E-state index in [2.05, 4.69) is 20.9 Å². The van der Waals surface area contributed by atoms with E-state index in [0.29, 0.717) is 31.4 Å². The first kappa shape index (κ1) is 13.6. The topological polar surface area (TPSA) is 71.9 Å². The fraction of sp³-hybridized carbons (Fsp3) is 0.538. The molecule has 108 valence electrons. The van der Waals surface area contributed by atoms with Crippen molar-refractivity contribution in [1.82, 2.24) is 4.98 Å². The van der Waals surface area contributed by atoms with Gasteiger partial charge in [0.2, 0.25) is 5.88 Å². The Morgan fingerprint density at radius 1 is 1.45 bits per heavy atom. The van der Waals surface area contributed by atoms with E-state index in [1.807, 2.05) is 0 Å². The second-order valence-corrected chi connectivity index (χ2v) is 5.87. The lowest BCUT2D eigenvalue weighted by atomic mass is 9.90. The summed E-state index contributed by atoms with van der Waals surface area (Å²) < 4.78 is 11.7. The van der Waals surface area contributed by atoms with Gasteiger partial charge in [-0.25, -0.2) is 9.78 Å². The van der Waals surface area contributed by atoms with Crippen molar-refractivity contribution < 1.29 is 19.4 Å². The molecule has 0 spiro atoms. The molecule has 1 fully saturated rings. The number of amides is 1. The molecule has 1 saturated heterocycles. The Hall–Kier alpha value is -1.34. The van der Waals surface area contributed by atoms with Gasteiger partial charge in [-0.15, -0.1) is 0 Å². The molecule has 0 aromatic carbocycles. The monoisotopic (exact) mass is 342 g/mol. The molecule has 20 heavy (non-hydrogen) atoms. The van der Waals surface area contributed by atoms with Gasteiger partial charge in [0.25, 0.3) is 0 Å². The molecular formula is C13H15BrN2O4. The third-order valence-corrected chi connectivity index (χ3v) is 4.23. The Balaban J connectivity index is 1.94. The van der Waals surface area contributed by atoms with E-state index < -0.39 is 6.09 Å². The summed E-state index contributed by atoms with van der Waals surface area (Å²) in [5.74, 6) is 0.630. The molecule has 1 amide bonds. The largest absolute Gasteiger partial charge is 0.474 e. The van der Waals surface area contributed by atoms with E-state index in [-0.39, 0.29) is 12.0 Å². The smallest absolute Gasteiger partial charge is 0.412 e. The molecule has 6 nitrogen and oxygen atoms in total. The van der Waals surface area contributed by atoms with E-state index in [0.717, 1.165) is 17.3 Å². The van der Waals surface area contributed by atoms with E-state index in [1.54, 1.807) is 12.3 Å². The summed E-state index contributed by atoms with van der Waals surface area (Å²) in [7, 11) is 0. The summed E-state index contributed by atoms with van der Waals surface area (Å²) in [5, 5.41) is 9.57. The van der Waals surface area contributed by atoms with Crippen LogP contribution in [0.25, 0.3) is 0 Å². The van der Waals surface area contributed by atoms with Gasteiger partial charge in [0.1, 0.15) is 12.3 Å². The van der Waals surface area contributed by atoms with Gasteiger partial charge < -0.3 is 14.6 Å². The summed E-state index contributed by atoms with van der Waals surface area (Å²) in [6.45, 7) is 1.70. The Morgan fingerprint density at radius 3 is 2.90 bits per heavy atom. The molecule has 2 aliphatic heterocycles. The number of ether oxygens (including phenoxy) is 2. The molecule has 0 aliphatic carbocycles. The SMILES string of the molecule is O=C(O)N1c2cc(Br)cnc2OCC1C1CCOCC1. The number of hydrogen-bond acceptors (Lipinski definition) is 4. The fourth-order valence-electron chi connectivity index (χ4n) is 2.81. The molecule has 2 aliphatic rings. The first-order chi connectivity index (χ1) is 9.66. The lowest BCUT2D eigenvalue weighted by Gasteiger charge is -2.40. The highest BCUT2D eigenvalue weighted by molar-refractivity contribution is 9.10. The van der Waals surface area contributed by atoms with Crippen molar-refractivity contribution in [2.75, 3.05) is 24.7 Å². The van der Waals surface area contributed by atoms with Gasteiger partial charge in [-0.3, -0.25) is 4.90 Å². The number of pyridine rings is 1. The minimum atomic E-state index is -0.967. The quantitative estimate of drug-likeness (QED) is 0.848. The minimum absolute atomic E-state index is 0.181. The third kappa shape index (κ3) is 2.47. The number of halogens is 1. The van der Waals surface area contributed by atoms with Crippen LogP contribution in [-0.2, 0) is 4.74 Å². The number of fused-ring (bicyclic) bond motifs is 1. The molecule has 0 bridgehead atoms. The second-order valence-electron chi connectivity index (χ2n) is 4.96. The van der Waals surface area contributed by atoms with Gasteiger partial charge in [-0.1, -0.05) is 0 Å². The van der Waals surface area contributed by atoms with Crippen LogP contribution in [0, 0.1) is 5.92 Å². The second kappa shape index (κ2) is 5.57. The number of hydrogen-bond donors (Lipinski definition) is 1. The molecule has 7 heteroatoms. The average Bonchev–Trinajstić information content (AvgIpc) is 2.46. The first-order valence-electron chi connectivity index (χ1n) is 6.55. The third-order valence-electron chi connectivity index (χ3n) is 3.80. The lowest BCUT2D eigenvalue weighted by molar-refractivity contribution is 0.0481. The molecule has 3 rings (SSSR count). The Labute approximate surface area is 124 Å². The van der Waals surface area contributed by atoms with Crippen LogP contribution < -0.4 is 9.64 Å². The number of carbonyl (C=O) groups is 1. The molecule has 1 unspecified atom stereocenters. The summed E-state index contributed by atoms with van der Waals surface area (Å²) in [4.78, 5) is 17.2. The van der Waals surface area contributed by atoms with Crippen LogP contribution in [0.3, 0.4) is 0 Å². The van der Waals surface area contributed by atoms with Crippen molar-refractivity contribution in [3.05, 3.63) is 16.7 Å². The van der Waals surface area contributed by atoms with Crippen LogP contribution in [-0.4, -0.2) is 42.0 Å². The maximum atomic E-state index is 11.7. The van der Waals surface area contributed by atoms with Crippen LogP contribution in [0.15, 0.2) is 16.7 Å². The van der Waals surface area contributed by atoms with Gasteiger partial charge in [0.05, 0.1) is 6.04 Å². The van der Waals surface area contributed by atoms with Crippen LogP contribution in [0.2, 0.25) is 0 Å². The summed E-state index contributed by atoms with van der Waals surface area (Å²) >= 11 is 3.33. The number of nitrogens with zero attached hydrogens (tertiary/aromatic N) is 2. The highest BCUT2D eigenvalue weighted by Crippen LogP contribution is 2.37. The maximum absolute atomic E-state index is 11.7. The predicted octanol–water partition coefficient (Wildman–Crippen LogP) is 2.52. The zero-order chi connectivity index (χ0) is 14.1. The van der Waals surface area contributed by atoms with Gasteiger partial charge in [-0.2, -0.15) is 0 Å². The van der Waals surface area contributed by atoms with Gasteiger partial charge in [0.15, 0.2) is 0 Å². The van der Waals surface area contributed by atoms with Crippen LogP contribution in [0.5, 0.6) is 5.88 Å². The van der Waals surface area contributed by atoms with Crippen molar-refractivity contribution in [3.63, 3.8) is 0 Å². The van der Waals surface area contributed by atoms with Gasteiger partial charge in [0, 0.05) is 23.9 Å². The normalized spacial score (nSPS) is 23.1. The molecule has 1 atom stereocenters. The van der Waals surface area contributed by atoms with Gasteiger partial charge >= 0.3 is 6.09 Å². The molecule has 1 N–H and O–H groups in total. The van der Waals surface area contributed by atoms with Gasteiger partial charge in [-0.05, 0) is 40.8 Å². The summed E-state index contributed by atoms with van der Waals surface area (Å²) in [6, 6.07) is 1.56. The average molecular weight is 343 g/mol. The number of anilines is 1. The van der Waals surface area contributed by atoms with Crippen molar-refractivity contribution in [1.29, 1.82) is 0 Å². The van der Waals surface area contributed by atoms with E-state index in [1.165, 1.54) is 4.90 Å². The molecular weight excluding hydrogens is 328 g/mol. The van der Waals surface area contributed by atoms with Crippen molar-refractivity contribution in [2.45, 2.75) is 18.9 Å². The number of aromatic nitrogens is 1. The molecule has 1 aromatic rings. The lowest BCUT2D eigenvalue weighted by Crippen LogP contribution is -2.51. The zero-order valence-electron chi connectivity index (χ0n) is 10.8. The van der Waals surface area contributed by atoms with E-state index in [4.69, 9.17) is 9.47 Å². The molecule has 0 radical (unpaired) electrons. The first-order valence-corrected chi connectivity index (χ1v) is 7.34. The molecule has 1 aromatic heterocycles. The minimum Gasteiger partial charge on any atom is -0.474 e. The number of carboxylic acid groups (broad SMARTS) is 1. The van der Waals surface area contributed by atoms with Crippen molar-refractivity contribution in [2.24, 2.45) is 5.92 Å². The van der Waals surface area contributed by atoms with Crippen LogP contribution >= 0.6 is 15.9 Å². The Kier molecular flexibility index (Phi) is 3.80. The van der Waals surface area contributed by atoms with E-state index in [9.17, 15) is 9.90 Å². The summed E-state index contributed by atoms with van der Waals surface area (Å²) in [5.41, 5.74) is 0.509. The predicted molar refractivity (Wildman–Crippen MR) is 75.3 cm³/mol. The Bertz CT molecular complexity index is 519. The van der Waals surface area contributed by atoms with Crippen LogP contribution in [0.4, 0.5) is 10.5 Å². The summed E-state index contributed by atoms with van der Waals surface area (Å²) in [6.07, 6.45) is 2.35. The highest BCUT2D eigenvalue weighted by Gasteiger charge is 2.38. The maximum Gasteiger partial charge on any atom is 0.412 e. The highest BCUT2D eigenvalue weighted by atomic mass is 79.9. The zero-order valence-corrected chi connectivity index (χ0v) is 12.4. The Morgan fingerprint density at radius 2 is 2.20 bits per heavy atom. The fourth-order valence-corrected chi connectivity index (χ4v) is 3.13.